The maximum absolute atomic E-state index is 12.4. The first kappa shape index (κ1) is 20.0. The standard InChI is InChI=1S/C19H19F2NO5/c1-24-15-10-13(11-16(25-2)18(15)26-3)22-17(23)9-8-12-6-4-5-7-14(12)27-19(20)21/h4-11,19H,1-3H3,(H,22,23). The summed E-state index contributed by atoms with van der Waals surface area (Å²) >= 11 is 0. The predicted octanol–water partition coefficient (Wildman–Crippen LogP) is 3.97. The van der Waals surface area contributed by atoms with Crippen molar-refractivity contribution in [2.45, 2.75) is 6.61 Å². The number of para-hydroxylation sites is 1. The minimum absolute atomic E-state index is 0.0238. The molecule has 0 saturated carbocycles. The molecule has 2 aromatic carbocycles. The van der Waals surface area contributed by atoms with Gasteiger partial charge in [-0.1, -0.05) is 18.2 Å². The van der Waals surface area contributed by atoms with Gasteiger partial charge in [0.05, 0.1) is 21.3 Å². The molecule has 0 bridgehead atoms. The quantitative estimate of drug-likeness (QED) is 0.703. The summed E-state index contributed by atoms with van der Waals surface area (Å²) in [5.74, 6) is 0.658. The molecule has 8 heteroatoms. The second kappa shape index (κ2) is 9.42. The van der Waals surface area contributed by atoms with Gasteiger partial charge in [-0.2, -0.15) is 8.78 Å². The van der Waals surface area contributed by atoms with Crippen LogP contribution in [0.25, 0.3) is 6.08 Å². The molecule has 0 atom stereocenters. The lowest BCUT2D eigenvalue weighted by atomic mass is 10.2. The molecule has 27 heavy (non-hydrogen) atoms. The second-order valence-corrected chi connectivity index (χ2v) is 5.15. The Morgan fingerprint density at radius 3 is 2.19 bits per heavy atom. The van der Waals surface area contributed by atoms with Gasteiger partial charge in [-0.3, -0.25) is 4.79 Å². The number of halogens is 2. The smallest absolute Gasteiger partial charge is 0.387 e. The minimum Gasteiger partial charge on any atom is -0.493 e. The van der Waals surface area contributed by atoms with E-state index in [9.17, 15) is 13.6 Å². The van der Waals surface area contributed by atoms with Gasteiger partial charge in [0.15, 0.2) is 11.5 Å². The fraction of sp³-hybridized carbons (Fsp3) is 0.211. The van der Waals surface area contributed by atoms with Crippen molar-refractivity contribution in [3.63, 3.8) is 0 Å². The highest BCUT2D eigenvalue weighted by molar-refractivity contribution is 6.02. The van der Waals surface area contributed by atoms with Crippen LogP contribution in [0.5, 0.6) is 23.0 Å². The zero-order chi connectivity index (χ0) is 19.8. The van der Waals surface area contributed by atoms with Crippen molar-refractivity contribution in [1.82, 2.24) is 0 Å². The minimum atomic E-state index is -2.95. The molecule has 0 radical (unpaired) electrons. The fourth-order valence-electron chi connectivity index (χ4n) is 2.32. The Bertz CT molecular complexity index is 798. The van der Waals surface area contributed by atoms with Gasteiger partial charge in [0.1, 0.15) is 5.75 Å². The Kier molecular flexibility index (Phi) is 6.99. The summed E-state index contributed by atoms with van der Waals surface area (Å²) in [5.41, 5.74) is 0.758. The summed E-state index contributed by atoms with van der Waals surface area (Å²) in [7, 11) is 4.39. The molecule has 1 amide bonds. The van der Waals surface area contributed by atoms with Crippen molar-refractivity contribution in [1.29, 1.82) is 0 Å². The van der Waals surface area contributed by atoms with Gasteiger partial charge in [0, 0.05) is 29.5 Å². The normalized spacial score (nSPS) is 10.7. The van der Waals surface area contributed by atoms with E-state index in [-0.39, 0.29) is 5.75 Å². The summed E-state index contributed by atoms with van der Waals surface area (Å²) in [6.07, 6.45) is 2.59. The van der Waals surface area contributed by atoms with Crippen LogP contribution in [0, 0.1) is 0 Å². The van der Waals surface area contributed by atoms with Crippen LogP contribution in [0.4, 0.5) is 14.5 Å². The zero-order valence-electron chi connectivity index (χ0n) is 15.0. The molecule has 2 aromatic rings. The van der Waals surface area contributed by atoms with Crippen LogP contribution in [0.2, 0.25) is 0 Å². The van der Waals surface area contributed by atoms with E-state index in [4.69, 9.17) is 14.2 Å². The summed E-state index contributed by atoms with van der Waals surface area (Å²) < 4.78 is 44.9. The third-order valence-electron chi connectivity index (χ3n) is 3.48. The van der Waals surface area contributed by atoms with Gasteiger partial charge in [0.2, 0.25) is 11.7 Å². The number of ether oxygens (including phenoxy) is 4. The first-order valence-corrected chi connectivity index (χ1v) is 7.81. The molecule has 0 aliphatic carbocycles. The number of benzene rings is 2. The lowest BCUT2D eigenvalue weighted by Gasteiger charge is -2.14. The van der Waals surface area contributed by atoms with E-state index in [1.54, 1.807) is 30.3 Å². The Hall–Kier alpha value is -3.29. The van der Waals surface area contributed by atoms with Crippen molar-refractivity contribution in [2.24, 2.45) is 0 Å². The molecule has 2 rings (SSSR count). The number of amides is 1. The predicted molar refractivity (Wildman–Crippen MR) is 96.8 cm³/mol. The van der Waals surface area contributed by atoms with Crippen LogP contribution in [0.1, 0.15) is 5.56 Å². The zero-order valence-corrected chi connectivity index (χ0v) is 15.0. The van der Waals surface area contributed by atoms with Crippen LogP contribution < -0.4 is 24.3 Å². The number of hydrogen-bond donors (Lipinski definition) is 1. The maximum atomic E-state index is 12.4. The summed E-state index contributed by atoms with van der Waals surface area (Å²) in [6.45, 7) is -2.95. The molecule has 6 nitrogen and oxygen atoms in total. The molecular formula is C19H19F2NO5. The lowest BCUT2D eigenvalue weighted by Crippen LogP contribution is -2.08. The lowest BCUT2D eigenvalue weighted by molar-refractivity contribution is -0.111. The second-order valence-electron chi connectivity index (χ2n) is 5.15. The number of methoxy groups -OCH3 is 3. The van der Waals surface area contributed by atoms with Gasteiger partial charge in [-0.15, -0.1) is 0 Å². The van der Waals surface area contributed by atoms with Crippen molar-refractivity contribution in [2.75, 3.05) is 26.6 Å². The van der Waals surface area contributed by atoms with Gasteiger partial charge < -0.3 is 24.3 Å². The topological polar surface area (TPSA) is 66.0 Å². The average molecular weight is 379 g/mol. The Balaban J connectivity index is 2.18. The maximum Gasteiger partial charge on any atom is 0.387 e. The van der Waals surface area contributed by atoms with E-state index >= 15 is 0 Å². The first-order chi connectivity index (χ1) is 13.0. The Labute approximate surface area is 155 Å². The molecule has 0 aliphatic heterocycles. The molecule has 144 valence electrons. The molecule has 1 N–H and O–H groups in total. The average Bonchev–Trinajstić information content (AvgIpc) is 2.66. The van der Waals surface area contributed by atoms with Crippen molar-refractivity contribution >= 4 is 17.7 Å². The van der Waals surface area contributed by atoms with Crippen LogP contribution in [0.3, 0.4) is 0 Å². The van der Waals surface area contributed by atoms with Crippen LogP contribution in [0.15, 0.2) is 42.5 Å². The molecule has 0 aromatic heterocycles. The molecule has 0 heterocycles. The third-order valence-corrected chi connectivity index (χ3v) is 3.48. The molecule has 0 fully saturated rings. The first-order valence-electron chi connectivity index (χ1n) is 7.81. The third kappa shape index (κ3) is 5.34. The molecule has 0 unspecified atom stereocenters. The summed E-state index contributed by atoms with van der Waals surface area (Å²) in [6, 6.07) is 9.30. The van der Waals surface area contributed by atoms with E-state index in [0.717, 1.165) is 0 Å². The SMILES string of the molecule is COc1cc(NC(=O)C=Cc2ccccc2OC(F)F)cc(OC)c1OC. The highest BCUT2D eigenvalue weighted by Gasteiger charge is 2.14. The van der Waals surface area contributed by atoms with Crippen LogP contribution in [-0.2, 0) is 4.79 Å². The summed E-state index contributed by atoms with van der Waals surface area (Å²) in [4.78, 5) is 12.2. The monoisotopic (exact) mass is 379 g/mol. The van der Waals surface area contributed by atoms with Crippen molar-refractivity contribution < 1.29 is 32.5 Å². The molecular weight excluding hydrogens is 360 g/mol. The van der Waals surface area contributed by atoms with E-state index in [0.29, 0.717) is 28.5 Å². The number of anilines is 1. The summed E-state index contributed by atoms with van der Waals surface area (Å²) in [5, 5.41) is 2.64. The Morgan fingerprint density at radius 1 is 1.00 bits per heavy atom. The number of carbonyl (C=O) groups excluding carboxylic acids is 1. The Morgan fingerprint density at radius 2 is 1.63 bits per heavy atom. The number of rotatable bonds is 8. The highest BCUT2D eigenvalue weighted by atomic mass is 19.3. The van der Waals surface area contributed by atoms with Crippen molar-refractivity contribution in [3.8, 4) is 23.0 Å². The molecule has 0 spiro atoms. The number of alkyl halides is 2. The number of hydrogen-bond acceptors (Lipinski definition) is 5. The highest BCUT2D eigenvalue weighted by Crippen LogP contribution is 2.39. The van der Waals surface area contributed by atoms with E-state index in [1.165, 1.54) is 39.5 Å². The molecule has 0 saturated heterocycles. The van der Waals surface area contributed by atoms with Crippen LogP contribution >= 0.6 is 0 Å². The van der Waals surface area contributed by atoms with E-state index in [1.807, 2.05) is 0 Å². The van der Waals surface area contributed by atoms with Gasteiger partial charge in [-0.05, 0) is 12.1 Å². The fourth-order valence-corrected chi connectivity index (χ4v) is 2.32. The van der Waals surface area contributed by atoms with Crippen LogP contribution in [-0.4, -0.2) is 33.8 Å². The number of nitrogens with one attached hydrogen (secondary N) is 1. The van der Waals surface area contributed by atoms with Gasteiger partial charge in [-0.25, -0.2) is 0 Å². The van der Waals surface area contributed by atoms with E-state index < -0.39 is 12.5 Å². The largest absolute Gasteiger partial charge is 0.493 e. The number of carbonyl (C=O) groups is 1. The van der Waals surface area contributed by atoms with E-state index in [2.05, 4.69) is 10.1 Å². The van der Waals surface area contributed by atoms with Crippen molar-refractivity contribution in [3.05, 3.63) is 48.0 Å². The molecule has 0 aliphatic rings. The van der Waals surface area contributed by atoms with Gasteiger partial charge in [0.25, 0.3) is 0 Å². The van der Waals surface area contributed by atoms with Gasteiger partial charge >= 0.3 is 6.61 Å².